The number of alkyl halides is 3. The molecule has 0 aliphatic rings. The number of halogens is 5. The molecule has 4 aromatic heterocycles. The zero-order valence-electron chi connectivity index (χ0n) is 40.8. The predicted octanol–water partition coefficient (Wildman–Crippen LogP) is 7.96. The van der Waals surface area contributed by atoms with Crippen molar-refractivity contribution in [3.63, 3.8) is 0 Å². The molecule has 32 heteroatoms. The summed E-state index contributed by atoms with van der Waals surface area (Å²) in [5.74, 6) is -3.54. The van der Waals surface area contributed by atoms with E-state index in [0.29, 0.717) is 22.4 Å². The van der Waals surface area contributed by atoms with E-state index in [0.717, 1.165) is 40.1 Å². The van der Waals surface area contributed by atoms with Crippen LogP contribution < -0.4 is 29.0 Å². The van der Waals surface area contributed by atoms with Crippen LogP contribution in [0.15, 0.2) is 107 Å². The summed E-state index contributed by atoms with van der Waals surface area (Å²) in [6.07, 6.45) is -3.02. The lowest BCUT2D eigenvalue weighted by Gasteiger charge is -2.13. The van der Waals surface area contributed by atoms with Crippen molar-refractivity contribution in [3.05, 3.63) is 129 Å². The Balaban J connectivity index is 0.000000226. The summed E-state index contributed by atoms with van der Waals surface area (Å²) in [6, 6.07) is 16.8. The Hall–Kier alpha value is -8.61. The van der Waals surface area contributed by atoms with Gasteiger partial charge in [-0.15, -0.1) is 0 Å². The number of carboxylic acid groups (broad SMARTS) is 1. The van der Waals surface area contributed by atoms with Gasteiger partial charge in [-0.2, -0.15) is 31.6 Å². The molecule has 0 aliphatic carbocycles. The predicted molar refractivity (Wildman–Crippen MR) is 268 cm³/mol. The fraction of sp³-hybridized carbons (Fsp3) is 0.217. The first-order valence-electron chi connectivity index (χ1n) is 21.8. The van der Waals surface area contributed by atoms with Crippen LogP contribution in [0.25, 0.3) is 16.6 Å². The number of carbonyl (C=O) groups is 4. The van der Waals surface area contributed by atoms with Crippen molar-refractivity contribution in [3.8, 4) is 29.0 Å². The lowest BCUT2D eigenvalue weighted by molar-refractivity contribution is -0.385. The number of anilines is 1. The Kier molecular flexibility index (Phi) is 20.1. The number of methoxy groups -OCH3 is 2. The molecule has 1 atom stereocenters. The number of hydrogen-bond donors (Lipinski definition) is 3. The third-order valence-corrected chi connectivity index (χ3v) is 13.5. The lowest BCUT2D eigenvalue weighted by atomic mass is 10.1. The zero-order valence-corrected chi connectivity index (χ0v) is 43.9. The Labute approximate surface area is 449 Å². The van der Waals surface area contributed by atoms with E-state index in [1.165, 1.54) is 52.5 Å². The van der Waals surface area contributed by atoms with E-state index in [9.17, 15) is 59.3 Å². The number of nitro groups is 1. The van der Waals surface area contributed by atoms with E-state index < -0.39 is 94.5 Å². The van der Waals surface area contributed by atoms with E-state index in [1.54, 1.807) is 48.2 Å². The number of carbonyl (C=O) groups excluding carboxylic acids is 3. The molecule has 3 aromatic carbocycles. The highest BCUT2D eigenvalue weighted by Crippen LogP contribution is 2.38. The maximum Gasteiger partial charge on any atom is 0.416 e. The SMILES string of the molecule is CCOC(=O)C(C)OC(=O)c1cc(Oc2ccc(C(F)(F)F)cc2Cl)ccc1[N+](=O)[O-].CCS(=O)(=O)c1nc2ccccn2c1S(=O)(=O)NC(=O)Nc1nc(OC)cc(OC)n1.O=C(O)COc1ccc(Cl)c2cccnc12. The number of ether oxygens (including phenoxy) is 6. The Morgan fingerprint density at radius 1 is 0.872 bits per heavy atom. The number of nitrogens with zero attached hydrogens (tertiary/aromatic N) is 6. The Morgan fingerprint density at radius 2 is 1.55 bits per heavy atom. The monoisotopic (exact) mass is 1170 g/mol. The number of carboxylic acids is 1. The first-order valence-corrected chi connectivity index (χ1v) is 25.7. The highest BCUT2D eigenvalue weighted by atomic mass is 35.5. The van der Waals surface area contributed by atoms with E-state index in [1.807, 2.05) is 0 Å². The zero-order chi connectivity index (χ0) is 57.7. The molecule has 7 rings (SSSR count). The van der Waals surface area contributed by atoms with Gasteiger partial charge in [0, 0.05) is 29.9 Å². The van der Waals surface area contributed by atoms with Gasteiger partial charge in [0.1, 0.15) is 34.0 Å². The van der Waals surface area contributed by atoms with Gasteiger partial charge in [-0.3, -0.25) is 24.8 Å². The lowest BCUT2D eigenvalue weighted by Crippen LogP contribution is -2.36. The third kappa shape index (κ3) is 15.5. The minimum atomic E-state index is -4.68. The number of amides is 2. The molecule has 25 nitrogen and oxygen atoms in total. The number of aromatic nitrogens is 5. The smallest absolute Gasteiger partial charge is 0.416 e. The number of nitro benzene ring substituents is 1. The maximum absolute atomic E-state index is 13.0. The molecule has 78 heavy (non-hydrogen) atoms. The van der Waals surface area contributed by atoms with Gasteiger partial charge < -0.3 is 33.5 Å². The molecule has 0 saturated heterocycles. The van der Waals surface area contributed by atoms with Crippen LogP contribution in [0.4, 0.5) is 29.6 Å². The molecule has 0 bridgehead atoms. The van der Waals surface area contributed by atoms with Crippen molar-refractivity contribution in [2.45, 2.75) is 43.1 Å². The molecule has 1 unspecified atom stereocenters. The molecule has 0 radical (unpaired) electrons. The third-order valence-electron chi connectivity index (χ3n) is 9.74. The average molecular weight is 1170 g/mol. The van der Waals surface area contributed by atoms with Crippen LogP contribution in [-0.4, -0.2) is 114 Å². The average Bonchev–Trinajstić information content (AvgIpc) is 3.95. The topological polar surface area (TPSA) is 335 Å². The van der Waals surface area contributed by atoms with Gasteiger partial charge in [0.15, 0.2) is 32.6 Å². The van der Waals surface area contributed by atoms with Crippen LogP contribution >= 0.6 is 23.2 Å². The molecule has 3 N–H and O–H groups in total. The maximum atomic E-state index is 13.0. The number of sulfonamides is 1. The number of pyridine rings is 2. The van der Waals surface area contributed by atoms with E-state index in [-0.39, 0.29) is 52.2 Å². The fourth-order valence-electron chi connectivity index (χ4n) is 6.19. The molecule has 0 fully saturated rings. The second-order valence-corrected chi connectivity index (χ2v) is 19.6. The van der Waals surface area contributed by atoms with Crippen molar-refractivity contribution in [2.24, 2.45) is 0 Å². The second kappa shape index (κ2) is 26.0. The molecule has 2 amide bonds. The molecule has 414 valence electrons. The summed E-state index contributed by atoms with van der Waals surface area (Å²) < 4.78 is 122. The van der Waals surface area contributed by atoms with E-state index >= 15 is 0 Å². The van der Waals surface area contributed by atoms with Crippen LogP contribution in [0.2, 0.25) is 10.0 Å². The number of rotatable bonds is 17. The summed E-state index contributed by atoms with van der Waals surface area (Å²) in [5, 5.41) is 21.5. The standard InChI is InChI=1S/C19H15ClF3NO7.C16H18N6O7S2.C11H8ClNO3/c1-3-29-17(25)10(2)30-18(26)13-9-12(5-6-15(13)24(27)28)31-16-7-4-11(8-14(16)20)19(21,22)23;1-4-30(24,25)13-14(22-8-6-5-7-10(22)17-13)31(26,27)21-16(23)20-15-18-11(28-2)9-12(19-15)29-3;12-8-3-4-9(16-6-10(14)15)11-7(8)2-1-5-13-11/h4-10H,3H2,1-2H3;5-9H,4H2,1-3H3,(H2,18,19,20,21,23);1-5H,6H2,(H,14,15). The van der Waals surface area contributed by atoms with Gasteiger partial charge in [0.05, 0.1) is 53.2 Å². The first kappa shape index (κ1) is 60.3. The van der Waals surface area contributed by atoms with Gasteiger partial charge >= 0.3 is 30.1 Å². The Bertz CT molecular complexity index is 3610. The van der Waals surface area contributed by atoms with Crippen molar-refractivity contribution < 1.29 is 87.6 Å². The van der Waals surface area contributed by atoms with Gasteiger partial charge in [-0.05, 0) is 74.5 Å². The molecular formula is C46H41Cl2F3N8O17S2. The number of urea groups is 1. The fourth-order valence-corrected chi connectivity index (χ4v) is 9.29. The number of esters is 2. The van der Waals surface area contributed by atoms with Gasteiger partial charge in [-0.25, -0.2) is 37.3 Å². The number of hydrogen-bond acceptors (Lipinski definition) is 20. The second-order valence-electron chi connectivity index (χ2n) is 15.0. The number of sulfone groups is 1. The quantitative estimate of drug-likeness (QED) is 0.0442. The Morgan fingerprint density at radius 3 is 2.15 bits per heavy atom. The number of aliphatic carboxylic acids is 1. The summed E-state index contributed by atoms with van der Waals surface area (Å²) in [7, 11) is -6.04. The highest BCUT2D eigenvalue weighted by molar-refractivity contribution is 7.93. The van der Waals surface area contributed by atoms with Crippen LogP contribution in [-0.2, 0) is 45.1 Å². The van der Waals surface area contributed by atoms with Crippen LogP contribution in [0, 0.1) is 10.1 Å². The number of benzene rings is 3. The summed E-state index contributed by atoms with van der Waals surface area (Å²) in [5.41, 5.74) is -1.52. The van der Waals surface area contributed by atoms with Crippen LogP contribution in [0.1, 0.15) is 36.7 Å². The normalized spacial score (nSPS) is 11.6. The molecule has 0 spiro atoms. The molecule has 0 aliphatic heterocycles. The minimum absolute atomic E-state index is 0.0398. The molecular weight excluding hydrogens is 1130 g/mol. The summed E-state index contributed by atoms with van der Waals surface area (Å²) in [4.78, 5) is 72.9. The molecule has 0 saturated carbocycles. The highest BCUT2D eigenvalue weighted by Gasteiger charge is 2.34. The number of imidazole rings is 1. The molecule has 7 aromatic rings. The van der Waals surface area contributed by atoms with Crippen molar-refractivity contribution in [1.82, 2.24) is 29.1 Å². The number of fused-ring (bicyclic) bond motifs is 2. The van der Waals surface area contributed by atoms with Crippen LogP contribution in [0.3, 0.4) is 0 Å². The van der Waals surface area contributed by atoms with Gasteiger partial charge in [0.2, 0.25) is 17.7 Å². The summed E-state index contributed by atoms with van der Waals surface area (Å²) in [6.45, 7) is 3.77. The van der Waals surface area contributed by atoms with Gasteiger partial charge in [0.25, 0.3) is 15.7 Å². The minimum Gasteiger partial charge on any atom is -0.481 e. The largest absolute Gasteiger partial charge is 0.481 e. The van der Waals surface area contributed by atoms with Crippen molar-refractivity contribution in [2.75, 3.05) is 38.5 Å². The summed E-state index contributed by atoms with van der Waals surface area (Å²) >= 11 is 11.8. The molecule has 4 heterocycles. The van der Waals surface area contributed by atoms with Gasteiger partial charge in [-0.1, -0.05) is 36.2 Å². The van der Waals surface area contributed by atoms with Crippen molar-refractivity contribution in [1.29, 1.82) is 0 Å². The van der Waals surface area contributed by atoms with E-state index in [2.05, 4.69) is 25.3 Å². The first-order chi connectivity index (χ1) is 36.7. The van der Waals surface area contributed by atoms with E-state index in [4.69, 9.17) is 56.7 Å². The number of nitrogens with one attached hydrogen (secondary N) is 2. The van der Waals surface area contributed by atoms with Crippen LogP contribution in [0.5, 0.6) is 29.0 Å². The van der Waals surface area contributed by atoms with Crippen molar-refractivity contribution >= 4 is 95.2 Å².